The third-order valence-electron chi connectivity index (χ3n) is 6.09. The van der Waals surface area contributed by atoms with Crippen LogP contribution in [0.1, 0.15) is 28.3 Å². The first-order chi connectivity index (χ1) is 11.9. The summed E-state index contributed by atoms with van der Waals surface area (Å²) in [5.74, 6) is -0.0532. The Hall–Kier alpha value is -1.87. The number of likely N-dealkylation sites (tertiary alicyclic amines) is 1. The molecule has 134 valence electrons. The predicted octanol–water partition coefficient (Wildman–Crippen LogP) is -0.792. The lowest BCUT2D eigenvalue weighted by atomic mass is 9.65. The summed E-state index contributed by atoms with van der Waals surface area (Å²) >= 11 is 0. The number of aliphatic hydroxyl groups excluding tert-OH is 2. The number of esters is 1. The summed E-state index contributed by atoms with van der Waals surface area (Å²) in [5.41, 5.74) is -0.474. The molecule has 0 aromatic heterocycles. The summed E-state index contributed by atoms with van der Waals surface area (Å²) < 4.78 is 16.2. The van der Waals surface area contributed by atoms with Gasteiger partial charge in [-0.25, -0.2) is 4.79 Å². The number of carbonyl (C=O) groups excluding carboxylic acids is 1. The fourth-order valence-corrected chi connectivity index (χ4v) is 4.89. The van der Waals surface area contributed by atoms with Gasteiger partial charge in [-0.15, -0.1) is 0 Å². The fourth-order valence-electron chi connectivity index (χ4n) is 4.89. The van der Waals surface area contributed by atoms with Crippen molar-refractivity contribution >= 4 is 5.97 Å². The fraction of sp³-hybridized carbons (Fsp3) is 0.588. The van der Waals surface area contributed by atoms with Gasteiger partial charge in [-0.05, 0) is 31.2 Å². The van der Waals surface area contributed by atoms with Gasteiger partial charge in [0, 0.05) is 12.5 Å². The van der Waals surface area contributed by atoms with Crippen molar-refractivity contribution in [2.75, 3.05) is 20.4 Å². The van der Waals surface area contributed by atoms with E-state index in [-0.39, 0.29) is 6.79 Å². The molecule has 5 rings (SSSR count). The summed E-state index contributed by atoms with van der Waals surface area (Å²) in [6, 6.07) is 2.83. The lowest BCUT2D eigenvalue weighted by Gasteiger charge is -2.52. The molecule has 8 heteroatoms. The zero-order valence-corrected chi connectivity index (χ0v) is 13.6. The van der Waals surface area contributed by atoms with Crippen LogP contribution >= 0.6 is 0 Å². The first-order valence-corrected chi connectivity index (χ1v) is 8.35. The minimum absolute atomic E-state index is 0.0793. The van der Waals surface area contributed by atoms with Crippen molar-refractivity contribution in [2.24, 2.45) is 0 Å². The zero-order chi connectivity index (χ0) is 17.5. The average Bonchev–Trinajstić information content (AvgIpc) is 3.17. The monoisotopic (exact) mass is 349 g/mol. The molecule has 0 unspecified atom stereocenters. The van der Waals surface area contributed by atoms with Crippen LogP contribution in [-0.4, -0.2) is 76.5 Å². The van der Waals surface area contributed by atoms with E-state index in [1.807, 2.05) is 11.9 Å². The molecule has 2 fully saturated rings. The van der Waals surface area contributed by atoms with Crippen molar-refractivity contribution in [3.63, 3.8) is 0 Å². The largest absolute Gasteiger partial charge is 0.455 e. The van der Waals surface area contributed by atoms with Crippen LogP contribution in [0.3, 0.4) is 0 Å². The molecular weight excluding hydrogens is 330 g/mol. The summed E-state index contributed by atoms with van der Waals surface area (Å²) in [4.78, 5) is 14.4. The van der Waals surface area contributed by atoms with E-state index in [0.717, 1.165) is 0 Å². The minimum Gasteiger partial charge on any atom is -0.455 e. The molecule has 1 aliphatic carbocycles. The summed E-state index contributed by atoms with van der Waals surface area (Å²) in [7, 11) is 1.85. The van der Waals surface area contributed by atoms with Crippen molar-refractivity contribution < 1.29 is 34.3 Å². The molecule has 3 heterocycles. The van der Waals surface area contributed by atoms with Crippen molar-refractivity contribution in [1.29, 1.82) is 0 Å². The van der Waals surface area contributed by atoms with Gasteiger partial charge in [-0.3, -0.25) is 4.90 Å². The highest BCUT2D eigenvalue weighted by Crippen LogP contribution is 2.52. The quantitative estimate of drug-likeness (QED) is 0.523. The summed E-state index contributed by atoms with van der Waals surface area (Å²) in [6.07, 6.45) is -3.34. The van der Waals surface area contributed by atoms with E-state index < -0.39 is 41.8 Å². The molecule has 4 aliphatic rings. The Morgan fingerprint density at radius 3 is 2.72 bits per heavy atom. The minimum atomic E-state index is -1.47. The van der Waals surface area contributed by atoms with Crippen molar-refractivity contribution in [3.8, 4) is 11.5 Å². The van der Waals surface area contributed by atoms with Gasteiger partial charge in [0.1, 0.15) is 23.9 Å². The molecule has 25 heavy (non-hydrogen) atoms. The van der Waals surface area contributed by atoms with Gasteiger partial charge >= 0.3 is 5.97 Å². The highest BCUT2D eigenvalue weighted by atomic mass is 16.7. The molecule has 0 spiro atoms. The standard InChI is InChI=1S/C17H19NO7/c1-18-3-2-17(22)14(18)11-7-4-9-10(24-6-23-9)5-8(7)16(21)25-13(11)12(19)15(17)20/h4-5,11-15,19-20,22H,2-3,6H2,1H3/t11-,12-,13+,14+,15+,17-/m1/s1. The first-order valence-electron chi connectivity index (χ1n) is 8.35. The lowest BCUT2D eigenvalue weighted by Crippen LogP contribution is -2.69. The molecule has 6 atom stereocenters. The van der Waals surface area contributed by atoms with Gasteiger partial charge in [-0.1, -0.05) is 0 Å². The van der Waals surface area contributed by atoms with Crippen LogP contribution in [0.5, 0.6) is 11.5 Å². The molecule has 8 nitrogen and oxygen atoms in total. The first kappa shape index (κ1) is 15.4. The molecule has 0 radical (unpaired) electrons. The topological polar surface area (TPSA) is 109 Å². The molecule has 3 N–H and O–H groups in total. The second kappa shape index (κ2) is 4.85. The Bertz CT molecular complexity index is 768. The maximum absolute atomic E-state index is 12.5. The van der Waals surface area contributed by atoms with E-state index in [1.54, 1.807) is 12.1 Å². The molecule has 1 aromatic rings. The van der Waals surface area contributed by atoms with Crippen LogP contribution in [0.2, 0.25) is 0 Å². The number of aliphatic hydroxyl groups is 3. The summed E-state index contributed by atoms with van der Waals surface area (Å²) in [5, 5.41) is 32.1. The van der Waals surface area contributed by atoms with Crippen LogP contribution < -0.4 is 9.47 Å². The van der Waals surface area contributed by atoms with Gasteiger partial charge in [-0.2, -0.15) is 0 Å². The van der Waals surface area contributed by atoms with Gasteiger partial charge in [0.25, 0.3) is 0 Å². The zero-order valence-electron chi connectivity index (χ0n) is 13.6. The van der Waals surface area contributed by atoms with E-state index in [1.165, 1.54) is 0 Å². The SMILES string of the molecule is CN1CC[C@@]2(O)[C@@H]1[C@@H]1c3cc4c(cc3C(=O)O[C@@H]1[C@@H](O)[C@@H]2O)OCO4. The van der Waals surface area contributed by atoms with Crippen molar-refractivity contribution in [2.45, 2.75) is 42.3 Å². The molecule has 0 amide bonds. The van der Waals surface area contributed by atoms with Crippen LogP contribution in [-0.2, 0) is 4.74 Å². The number of hydrogen-bond donors (Lipinski definition) is 3. The normalized spacial score (nSPS) is 41.8. The third kappa shape index (κ3) is 1.82. The van der Waals surface area contributed by atoms with Gasteiger partial charge in [0.15, 0.2) is 11.5 Å². The van der Waals surface area contributed by atoms with E-state index in [0.29, 0.717) is 35.6 Å². The van der Waals surface area contributed by atoms with Crippen LogP contribution in [0.25, 0.3) is 0 Å². The average molecular weight is 349 g/mol. The Kier molecular flexibility index (Phi) is 2.99. The third-order valence-corrected chi connectivity index (χ3v) is 6.09. The lowest BCUT2D eigenvalue weighted by molar-refractivity contribution is -0.206. The van der Waals surface area contributed by atoms with Gasteiger partial charge < -0.3 is 29.5 Å². The van der Waals surface area contributed by atoms with Crippen LogP contribution in [0, 0.1) is 0 Å². The van der Waals surface area contributed by atoms with E-state index in [9.17, 15) is 20.1 Å². The summed E-state index contributed by atoms with van der Waals surface area (Å²) in [6.45, 7) is 0.651. The van der Waals surface area contributed by atoms with E-state index >= 15 is 0 Å². The Morgan fingerprint density at radius 2 is 1.96 bits per heavy atom. The highest BCUT2D eigenvalue weighted by molar-refractivity contribution is 5.94. The van der Waals surface area contributed by atoms with Gasteiger partial charge in [0.05, 0.1) is 11.6 Å². The Morgan fingerprint density at radius 1 is 1.24 bits per heavy atom. The predicted molar refractivity (Wildman–Crippen MR) is 82.5 cm³/mol. The maximum Gasteiger partial charge on any atom is 0.338 e. The number of nitrogens with zero attached hydrogens (tertiary/aromatic N) is 1. The number of benzene rings is 1. The number of carbonyl (C=O) groups is 1. The molecule has 0 bridgehead atoms. The number of likely N-dealkylation sites (N-methyl/N-ethyl adjacent to an activating group) is 1. The molecule has 3 aliphatic heterocycles. The molecule has 1 aromatic carbocycles. The van der Waals surface area contributed by atoms with Gasteiger partial charge in [0.2, 0.25) is 6.79 Å². The maximum atomic E-state index is 12.5. The molecular formula is C17H19NO7. The highest BCUT2D eigenvalue weighted by Gasteiger charge is 2.64. The molecule has 1 saturated carbocycles. The Labute approximate surface area is 143 Å². The number of ether oxygens (including phenoxy) is 3. The number of rotatable bonds is 0. The molecule has 1 saturated heterocycles. The van der Waals surface area contributed by atoms with Crippen LogP contribution in [0.4, 0.5) is 0 Å². The van der Waals surface area contributed by atoms with Crippen molar-refractivity contribution in [3.05, 3.63) is 23.3 Å². The van der Waals surface area contributed by atoms with E-state index in [2.05, 4.69) is 0 Å². The number of fused-ring (bicyclic) bond motifs is 6. The second-order valence-electron chi connectivity index (χ2n) is 7.29. The number of hydrogen-bond acceptors (Lipinski definition) is 8. The smallest absolute Gasteiger partial charge is 0.338 e. The van der Waals surface area contributed by atoms with E-state index in [4.69, 9.17) is 14.2 Å². The van der Waals surface area contributed by atoms with Crippen LogP contribution in [0.15, 0.2) is 12.1 Å². The van der Waals surface area contributed by atoms with Crippen molar-refractivity contribution in [1.82, 2.24) is 4.90 Å². The Balaban J connectivity index is 1.71. The second-order valence-corrected chi connectivity index (χ2v) is 7.29.